The number of piperidine rings is 1. The van der Waals surface area contributed by atoms with Crippen LogP contribution >= 0.6 is 0 Å². The van der Waals surface area contributed by atoms with Gasteiger partial charge in [0.1, 0.15) is 5.66 Å². The van der Waals surface area contributed by atoms with E-state index in [4.69, 9.17) is 0 Å². The second-order valence-electron chi connectivity index (χ2n) is 10.6. The van der Waals surface area contributed by atoms with Crippen LogP contribution in [0.5, 0.6) is 0 Å². The Bertz CT molecular complexity index is 844. The largest absolute Gasteiger partial charge is 0.362 e. The van der Waals surface area contributed by atoms with Gasteiger partial charge in [0.15, 0.2) is 0 Å². The summed E-state index contributed by atoms with van der Waals surface area (Å²) in [6.07, 6.45) is 5.02. The molecule has 1 saturated heterocycles. The number of benzene rings is 1. The molecule has 5 heteroatoms. The zero-order valence-corrected chi connectivity index (χ0v) is 17.8. The highest BCUT2D eigenvalue weighted by Crippen LogP contribution is 2.59. The molecule has 6 rings (SSSR count). The molecule has 1 aromatic carbocycles. The number of hydrogen-bond donors (Lipinski definition) is 2. The lowest BCUT2D eigenvalue weighted by atomic mass is 9.51. The molecule has 5 nitrogen and oxygen atoms in total. The number of nitrogens with one attached hydrogen (secondary N) is 2. The highest BCUT2D eigenvalue weighted by Gasteiger charge is 2.60. The van der Waals surface area contributed by atoms with E-state index in [-0.39, 0.29) is 23.2 Å². The average molecular weight is 396 g/mol. The minimum absolute atomic E-state index is 0.0112. The van der Waals surface area contributed by atoms with Crippen molar-refractivity contribution in [1.82, 2.24) is 10.2 Å². The van der Waals surface area contributed by atoms with Crippen LogP contribution in [0.4, 0.5) is 5.69 Å². The maximum atomic E-state index is 13.6. The number of likely N-dealkylation sites (tertiary alicyclic amines) is 1. The van der Waals surface area contributed by atoms with Crippen molar-refractivity contribution >= 4 is 17.5 Å². The molecule has 4 fully saturated rings. The molecule has 2 N–H and O–H groups in total. The first-order valence-electron chi connectivity index (χ1n) is 11.3. The fraction of sp³-hybridized carbons (Fsp3) is 0.667. The third-order valence-corrected chi connectivity index (χ3v) is 8.15. The van der Waals surface area contributed by atoms with Crippen LogP contribution in [-0.4, -0.2) is 35.5 Å². The monoisotopic (exact) mass is 395 g/mol. The SMILES string of the molecule is C[C@H]1C[C@H](C)CN(C(=O)[C@@H]2C[C@@H]3CC[C@]2(C)C[C@]32NC(=O)c3ccccc3N2)C1. The summed E-state index contributed by atoms with van der Waals surface area (Å²) in [6, 6.07) is 7.76. The highest BCUT2D eigenvalue weighted by atomic mass is 16.2. The smallest absolute Gasteiger partial charge is 0.255 e. The summed E-state index contributed by atoms with van der Waals surface area (Å²) in [5.74, 6) is 1.89. The van der Waals surface area contributed by atoms with Crippen LogP contribution in [0.3, 0.4) is 0 Å². The summed E-state index contributed by atoms with van der Waals surface area (Å²) < 4.78 is 0. The average Bonchev–Trinajstić information content (AvgIpc) is 2.66. The molecule has 3 aliphatic carbocycles. The van der Waals surface area contributed by atoms with Gasteiger partial charge in [-0.25, -0.2) is 0 Å². The molecule has 0 radical (unpaired) electrons. The van der Waals surface area contributed by atoms with Crippen LogP contribution < -0.4 is 10.6 Å². The fourth-order valence-corrected chi connectivity index (χ4v) is 6.89. The molecule has 6 atom stereocenters. The molecule has 0 aromatic heterocycles. The van der Waals surface area contributed by atoms with Crippen molar-refractivity contribution in [1.29, 1.82) is 0 Å². The van der Waals surface area contributed by atoms with Gasteiger partial charge in [0.05, 0.1) is 5.56 Å². The van der Waals surface area contributed by atoms with E-state index in [0.29, 0.717) is 23.3 Å². The third kappa shape index (κ3) is 2.96. The standard InChI is InChI=1S/C24H33N3O2/c1-15-10-16(2)13-27(12-15)22(29)19-11-17-8-9-23(19,3)14-24(17)25-20-7-5-4-6-18(20)21(28)26-24/h4-7,15-17,19,25H,8-14H2,1-3H3,(H,26,28)/t15-,16-,17-,19-,23+,24-/m0/s1. The summed E-state index contributed by atoms with van der Waals surface area (Å²) in [4.78, 5) is 28.6. The molecule has 0 unspecified atom stereocenters. The van der Waals surface area contributed by atoms with Crippen LogP contribution in [0, 0.1) is 29.1 Å². The first-order valence-corrected chi connectivity index (χ1v) is 11.3. The molecule has 156 valence electrons. The van der Waals surface area contributed by atoms with Crippen molar-refractivity contribution in [2.75, 3.05) is 18.4 Å². The van der Waals surface area contributed by atoms with Gasteiger partial charge in [-0.15, -0.1) is 0 Å². The first-order chi connectivity index (χ1) is 13.8. The number of amides is 2. The van der Waals surface area contributed by atoms with E-state index in [1.54, 1.807) is 0 Å². The van der Waals surface area contributed by atoms with Gasteiger partial charge < -0.3 is 15.5 Å². The van der Waals surface area contributed by atoms with Crippen LogP contribution in [0.1, 0.15) is 63.2 Å². The fourth-order valence-electron chi connectivity index (χ4n) is 6.89. The number of fused-ring (bicyclic) bond motifs is 3. The lowest BCUT2D eigenvalue weighted by Crippen LogP contribution is -2.70. The van der Waals surface area contributed by atoms with E-state index < -0.39 is 5.66 Å². The number of carbonyl (C=O) groups is 2. The van der Waals surface area contributed by atoms with Crippen LogP contribution in [0.25, 0.3) is 0 Å². The number of rotatable bonds is 1. The molecule has 2 aliphatic heterocycles. The molecule has 2 amide bonds. The van der Waals surface area contributed by atoms with Crippen molar-refractivity contribution < 1.29 is 9.59 Å². The van der Waals surface area contributed by atoms with Crippen molar-refractivity contribution in [2.24, 2.45) is 29.1 Å². The van der Waals surface area contributed by atoms with Crippen LogP contribution in [0.15, 0.2) is 24.3 Å². The molecule has 3 saturated carbocycles. The van der Waals surface area contributed by atoms with E-state index in [1.807, 2.05) is 24.3 Å². The Morgan fingerprint density at radius 1 is 1.10 bits per heavy atom. The summed E-state index contributed by atoms with van der Waals surface area (Å²) in [6.45, 7) is 8.59. The van der Waals surface area contributed by atoms with Crippen LogP contribution in [0.2, 0.25) is 0 Å². The van der Waals surface area contributed by atoms with Gasteiger partial charge >= 0.3 is 0 Å². The van der Waals surface area contributed by atoms with E-state index in [9.17, 15) is 9.59 Å². The quantitative estimate of drug-likeness (QED) is 0.759. The second-order valence-corrected chi connectivity index (χ2v) is 10.6. The Morgan fingerprint density at radius 2 is 1.83 bits per heavy atom. The number of para-hydroxylation sites is 1. The van der Waals surface area contributed by atoms with Gasteiger partial charge in [0.25, 0.3) is 5.91 Å². The molecule has 1 spiro atoms. The van der Waals surface area contributed by atoms with Crippen molar-refractivity contribution in [3.63, 3.8) is 0 Å². The second kappa shape index (κ2) is 6.48. The van der Waals surface area contributed by atoms with Crippen molar-refractivity contribution in [3.05, 3.63) is 29.8 Å². The van der Waals surface area contributed by atoms with Gasteiger partial charge in [-0.1, -0.05) is 32.9 Å². The van der Waals surface area contributed by atoms with Gasteiger partial charge in [0, 0.05) is 30.6 Å². The zero-order chi connectivity index (χ0) is 20.4. The molecular weight excluding hydrogens is 362 g/mol. The highest BCUT2D eigenvalue weighted by molar-refractivity contribution is 6.02. The van der Waals surface area contributed by atoms with E-state index >= 15 is 0 Å². The third-order valence-electron chi connectivity index (χ3n) is 8.15. The Hall–Kier alpha value is -2.04. The zero-order valence-electron chi connectivity index (χ0n) is 17.8. The van der Waals surface area contributed by atoms with E-state index in [0.717, 1.165) is 44.5 Å². The Kier molecular flexibility index (Phi) is 4.24. The summed E-state index contributed by atoms with van der Waals surface area (Å²) in [7, 11) is 0. The minimum atomic E-state index is -0.419. The van der Waals surface area contributed by atoms with Gasteiger partial charge in [-0.05, 0) is 61.5 Å². The van der Waals surface area contributed by atoms with E-state index in [1.165, 1.54) is 6.42 Å². The Morgan fingerprint density at radius 3 is 2.55 bits per heavy atom. The molecule has 2 heterocycles. The number of nitrogens with zero attached hydrogens (tertiary/aromatic N) is 1. The summed E-state index contributed by atoms with van der Waals surface area (Å²) in [5, 5.41) is 7.02. The summed E-state index contributed by atoms with van der Waals surface area (Å²) >= 11 is 0. The maximum absolute atomic E-state index is 13.6. The van der Waals surface area contributed by atoms with Crippen LogP contribution in [-0.2, 0) is 4.79 Å². The van der Waals surface area contributed by atoms with Crippen molar-refractivity contribution in [2.45, 2.75) is 58.5 Å². The Balaban J connectivity index is 1.41. The predicted octanol–water partition coefficient (Wildman–Crippen LogP) is 3.87. The number of carbonyl (C=O) groups excluding carboxylic acids is 2. The molecule has 29 heavy (non-hydrogen) atoms. The lowest BCUT2D eigenvalue weighted by Gasteiger charge is -2.61. The Labute approximate surface area is 173 Å². The lowest BCUT2D eigenvalue weighted by molar-refractivity contribution is -0.153. The minimum Gasteiger partial charge on any atom is -0.362 e. The molecular formula is C24H33N3O2. The predicted molar refractivity (Wildman–Crippen MR) is 113 cm³/mol. The molecule has 2 bridgehead atoms. The van der Waals surface area contributed by atoms with Crippen molar-refractivity contribution in [3.8, 4) is 0 Å². The molecule has 5 aliphatic rings. The van der Waals surface area contributed by atoms with E-state index in [2.05, 4.69) is 36.3 Å². The normalized spacial score (nSPS) is 40.9. The number of hydrogen-bond acceptors (Lipinski definition) is 3. The van der Waals surface area contributed by atoms with Gasteiger partial charge in [-0.3, -0.25) is 9.59 Å². The topological polar surface area (TPSA) is 61.4 Å². The number of anilines is 1. The van der Waals surface area contributed by atoms with Gasteiger partial charge in [0.2, 0.25) is 5.91 Å². The maximum Gasteiger partial charge on any atom is 0.255 e. The molecule has 1 aromatic rings. The summed E-state index contributed by atoms with van der Waals surface area (Å²) in [5.41, 5.74) is 1.14. The van der Waals surface area contributed by atoms with Gasteiger partial charge in [-0.2, -0.15) is 0 Å². The first kappa shape index (κ1) is 19.0.